The summed E-state index contributed by atoms with van der Waals surface area (Å²) in [7, 11) is 0. The van der Waals surface area contributed by atoms with E-state index in [0.717, 1.165) is 19.3 Å². The quantitative estimate of drug-likeness (QED) is 0.729. The van der Waals surface area contributed by atoms with Gasteiger partial charge in [0.2, 0.25) is 0 Å². The maximum Gasteiger partial charge on any atom is 0.00767 e. The van der Waals surface area contributed by atoms with E-state index in [-0.39, 0.29) is 0 Å². The van der Waals surface area contributed by atoms with Crippen LogP contribution in [0.2, 0.25) is 0 Å². The molecule has 2 heteroatoms. The molecular weight excluding hydrogens is 178 g/mol. The minimum Gasteiger partial charge on any atom is -0.327 e. The van der Waals surface area contributed by atoms with E-state index < -0.39 is 0 Å². The van der Waals surface area contributed by atoms with Gasteiger partial charge < -0.3 is 5.73 Å². The second kappa shape index (κ2) is 3.64. The summed E-state index contributed by atoms with van der Waals surface area (Å²) in [4.78, 5) is 1.39. The molecule has 1 aliphatic rings. The number of aryl methyl sites for hydroxylation is 1. The highest BCUT2D eigenvalue weighted by Crippen LogP contribution is 2.29. The molecule has 0 bridgehead atoms. The van der Waals surface area contributed by atoms with Crippen LogP contribution in [0.3, 0.4) is 0 Å². The van der Waals surface area contributed by atoms with Crippen LogP contribution in [0.4, 0.5) is 0 Å². The molecule has 0 saturated heterocycles. The Hall–Kier alpha value is -0.600. The van der Waals surface area contributed by atoms with Crippen molar-refractivity contribution in [2.24, 2.45) is 5.73 Å². The summed E-state index contributed by atoms with van der Waals surface area (Å²) in [5.41, 5.74) is 8.74. The van der Waals surface area contributed by atoms with Crippen LogP contribution in [0.25, 0.3) is 5.57 Å². The van der Waals surface area contributed by atoms with Gasteiger partial charge in [-0.2, -0.15) is 0 Å². The van der Waals surface area contributed by atoms with Gasteiger partial charge in [-0.05, 0) is 48.8 Å². The van der Waals surface area contributed by atoms with Crippen LogP contribution < -0.4 is 5.73 Å². The average Bonchev–Trinajstić information content (AvgIpc) is 2.53. The Labute approximate surface area is 83.3 Å². The molecule has 0 aromatic carbocycles. The maximum absolute atomic E-state index is 5.84. The van der Waals surface area contributed by atoms with Gasteiger partial charge in [0.15, 0.2) is 0 Å². The zero-order chi connectivity index (χ0) is 9.26. The van der Waals surface area contributed by atoms with Gasteiger partial charge in [-0.25, -0.2) is 0 Å². The predicted molar refractivity (Wildman–Crippen MR) is 58.9 cm³/mol. The summed E-state index contributed by atoms with van der Waals surface area (Å²) in [6.07, 6.45) is 5.64. The van der Waals surface area contributed by atoms with Crippen molar-refractivity contribution >= 4 is 16.9 Å². The highest BCUT2D eigenvalue weighted by atomic mass is 32.1. The first-order valence-electron chi connectivity index (χ1n) is 4.76. The average molecular weight is 193 g/mol. The molecule has 0 aliphatic heterocycles. The van der Waals surface area contributed by atoms with E-state index in [2.05, 4.69) is 24.4 Å². The summed E-state index contributed by atoms with van der Waals surface area (Å²) in [5.74, 6) is 0. The number of allylic oxidation sites excluding steroid dienone is 1. The van der Waals surface area contributed by atoms with Crippen molar-refractivity contribution in [1.29, 1.82) is 0 Å². The van der Waals surface area contributed by atoms with Gasteiger partial charge in [0.1, 0.15) is 0 Å². The van der Waals surface area contributed by atoms with E-state index in [4.69, 9.17) is 5.73 Å². The SMILES string of the molecule is Cc1cc(C2=CCC(N)CC2)cs1. The lowest BCUT2D eigenvalue weighted by Crippen LogP contribution is -2.21. The Morgan fingerprint density at radius 2 is 2.38 bits per heavy atom. The van der Waals surface area contributed by atoms with Gasteiger partial charge in [-0.1, -0.05) is 6.08 Å². The second-order valence-electron chi connectivity index (χ2n) is 3.71. The Morgan fingerprint density at radius 1 is 1.54 bits per heavy atom. The Kier molecular flexibility index (Phi) is 2.51. The number of hydrogen-bond acceptors (Lipinski definition) is 2. The zero-order valence-corrected chi connectivity index (χ0v) is 8.73. The van der Waals surface area contributed by atoms with E-state index in [1.807, 2.05) is 11.3 Å². The predicted octanol–water partition coefficient (Wildman–Crippen LogP) is 2.95. The number of thiophene rings is 1. The lowest BCUT2D eigenvalue weighted by atomic mass is 9.92. The minimum atomic E-state index is 0.392. The molecule has 0 amide bonds. The third-order valence-corrected chi connectivity index (χ3v) is 3.41. The molecule has 0 radical (unpaired) electrons. The monoisotopic (exact) mass is 193 g/mol. The molecule has 1 heterocycles. The van der Waals surface area contributed by atoms with Gasteiger partial charge in [0, 0.05) is 10.9 Å². The fourth-order valence-electron chi connectivity index (χ4n) is 1.73. The fraction of sp³-hybridized carbons (Fsp3) is 0.455. The Bertz CT molecular complexity index is 325. The number of rotatable bonds is 1. The first-order chi connectivity index (χ1) is 6.25. The molecule has 1 atom stereocenters. The molecule has 1 unspecified atom stereocenters. The molecule has 1 aromatic heterocycles. The minimum absolute atomic E-state index is 0.392. The largest absolute Gasteiger partial charge is 0.327 e. The van der Waals surface area contributed by atoms with Crippen molar-refractivity contribution in [3.8, 4) is 0 Å². The van der Waals surface area contributed by atoms with Gasteiger partial charge in [0.05, 0.1) is 0 Å². The third kappa shape index (κ3) is 2.01. The lowest BCUT2D eigenvalue weighted by Gasteiger charge is -2.17. The molecule has 1 aliphatic carbocycles. The van der Waals surface area contributed by atoms with Crippen molar-refractivity contribution in [1.82, 2.24) is 0 Å². The molecule has 0 fully saturated rings. The zero-order valence-electron chi connectivity index (χ0n) is 7.92. The van der Waals surface area contributed by atoms with Crippen molar-refractivity contribution in [2.45, 2.75) is 32.2 Å². The highest BCUT2D eigenvalue weighted by molar-refractivity contribution is 7.10. The molecule has 2 N–H and O–H groups in total. The van der Waals surface area contributed by atoms with Crippen molar-refractivity contribution in [3.63, 3.8) is 0 Å². The molecule has 0 saturated carbocycles. The van der Waals surface area contributed by atoms with Crippen molar-refractivity contribution < 1.29 is 0 Å². The van der Waals surface area contributed by atoms with E-state index in [0.29, 0.717) is 6.04 Å². The van der Waals surface area contributed by atoms with E-state index in [1.165, 1.54) is 16.0 Å². The van der Waals surface area contributed by atoms with Crippen LogP contribution in [0.1, 0.15) is 29.7 Å². The van der Waals surface area contributed by atoms with E-state index in [1.54, 1.807) is 0 Å². The number of hydrogen-bond donors (Lipinski definition) is 1. The number of nitrogens with two attached hydrogens (primary N) is 1. The summed E-state index contributed by atoms with van der Waals surface area (Å²) in [6, 6.07) is 2.66. The lowest BCUT2D eigenvalue weighted by molar-refractivity contribution is 0.614. The Morgan fingerprint density at radius 3 is 2.92 bits per heavy atom. The van der Waals surface area contributed by atoms with Crippen LogP contribution in [-0.2, 0) is 0 Å². The molecule has 1 nitrogen and oxygen atoms in total. The summed E-state index contributed by atoms with van der Waals surface area (Å²) in [6.45, 7) is 2.16. The summed E-state index contributed by atoms with van der Waals surface area (Å²) >= 11 is 1.83. The topological polar surface area (TPSA) is 26.0 Å². The first-order valence-corrected chi connectivity index (χ1v) is 5.64. The maximum atomic E-state index is 5.84. The molecule has 2 rings (SSSR count). The van der Waals surface area contributed by atoms with Crippen LogP contribution in [-0.4, -0.2) is 6.04 Å². The third-order valence-electron chi connectivity index (χ3n) is 2.55. The first kappa shape index (κ1) is 8.97. The van der Waals surface area contributed by atoms with Crippen molar-refractivity contribution in [3.05, 3.63) is 28.0 Å². The normalized spacial score (nSPS) is 22.9. The molecule has 13 heavy (non-hydrogen) atoms. The second-order valence-corrected chi connectivity index (χ2v) is 4.83. The van der Waals surface area contributed by atoms with Gasteiger partial charge in [-0.15, -0.1) is 11.3 Å². The molecule has 0 spiro atoms. The van der Waals surface area contributed by atoms with Gasteiger partial charge >= 0.3 is 0 Å². The van der Waals surface area contributed by atoms with Gasteiger partial charge in [-0.3, -0.25) is 0 Å². The van der Waals surface area contributed by atoms with Crippen LogP contribution in [0.5, 0.6) is 0 Å². The smallest absolute Gasteiger partial charge is 0.00767 e. The van der Waals surface area contributed by atoms with Crippen molar-refractivity contribution in [2.75, 3.05) is 0 Å². The molecule has 70 valence electrons. The summed E-state index contributed by atoms with van der Waals surface area (Å²) in [5, 5.41) is 2.25. The van der Waals surface area contributed by atoms with Crippen LogP contribution >= 0.6 is 11.3 Å². The fourth-order valence-corrected chi connectivity index (χ4v) is 2.46. The van der Waals surface area contributed by atoms with Crippen LogP contribution in [0, 0.1) is 6.92 Å². The molecule has 1 aromatic rings. The van der Waals surface area contributed by atoms with E-state index >= 15 is 0 Å². The van der Waals surface area contributed by atoms with E-state index in [9.17, 15) is 0 Å². The van der Waals surface area contributed by atoms with Crippen LogP contribution in [0.15, 0.2) is 17.5 Å². The highest BCUT2D eigenvalue weighted by Gasteiger charge is 2.12. The summed E-state index contributed by atoms with van der Waals surface area (Å²) < 4.78 is 0. The standard InChI is InChI=1S/C11H15NS/c1-8-6-10(7-13-8)9-2-4-11(12)5-3-9/h2,6-7,11H,3-5,12H2,1H3. The Balaban J connectivity index is 2.18. The molecular formula is C11H15NS. The van der Waals surface area contributed by atoms with Gasteiger partial charge in [0.25, 0.3) is 0 Å².